The van der Waals surface area contributed by atoms with Crippen molar-refractivity contribution < 1.29 is 9.90 Å². The molecular formula is C15H28N2O2. The lowest BCUT2D eigenvalue weighted by Gasteiger charge is -2.44. The molecule has 2 atom stereocenters. The summed E-state index contributed by atoms with van der Waals surface area (Å²) in [6, 6.07) is 0.454. The second-order valence-electron chi connectivity index (χ2n) is 6.28. The predicted octanol–water partition coefficient (Wildman–Crippen LogP) is 2.09. The molecule has 19 heavy (non-hydrogen) atoms. The van der Waals surface area contributed by atoms with Crippen molar-refractivity contribution in [1.82, 2.24) is 10.2 Å². The fraction of sp³-hybridized carbons (Fsp3) is 0.933. The average molecular weight is 268 g/mol. The molecule has 1 aliphatic heterocycles. The maximum atomic E-state index is 11.6. The summed E-state index contributed by atoms with van der Waals surface area (Å²) in [5.41, 5.74) is -0.690. The monoisotopic (exact) mass is 268 g/mol. The molecule has 0 radical (unpaired) electrons. The van der Waals surface area contributed by atoms with Gasteiger partial charge in [0.05, 0.1) is 0 Å². The molecule has 2 unspecified atom stereocenters. The Balaban J connectivity index is 1.96. The highest BCUT2D eigenvalue weighted by Crippen LogP contribution is 2.33. The summed E-state index contributed by atoms with van der Waals surface area (Å²) in [6.45, 7) is 4.59. The third-order valence-corrected chi connectivity index (χ3v) is 5.36. The van der Waals surface area contributed by atoms with Crippen LogP contribution in [0.3, 0.4) is 0 Å². The van der Waals surface area contributed by atoms with Gasteiger partial charge in [0.15, 0.2) is 0 Å². The van der Waals surface area contributed by atoms with E-state index in [2.05, 4.69) is 17.1 Å². The molecule has 1 saturated heterocycles. The van der Waals surface area contributed by atoms with Gasteiger partial charge in [-0.25, -0.2) is 0 Å². The highest BCUT2D eigenvalue weighted by atomic mass is 16.4. The van der Waals surface area contributed by atoms with Gasteiger partial charge in [-0.2, -0.15) is 0 Å². The summed E-state index contributed by atoms with van der Waals surface area (Å²) in [4.78, 5) is 14.1. The molecule has 2 aliphatic rings. The van der Waals surface area contributed by atoms with Gasteiger partial charge >= 0.3 is 5.97 Å². The van der Waals surface area contributed by atoms with E-state index in [4.69, 9.17) is 0 Å². The minimum atomic E-state index is -0.690. The SMILES string of the molecule is CCC1CCN(C2CCCC(NC)(C(=O)O)C2)CC1. The maximum Gasteiger partial charge on any atom is 0.323 e. The number of carboxylic acids is 1. The highest BCUT2D eigenvalue weighted by Gasteiger charge is 2.43. The van der Waals surface area contributed by atoms with Crippen molar-refractivity contribution >= 4 is 5.97 Å². The number of carbonyl (C=O) groups is 1. The lowest BCUT2D eigenvalue weighted by Crippen LogP contribution is -2.57. The minimum Gasteiger partial charge on any atom is -0.480 e. The molecule has 2 fully saturated rings. The zero-order valence-corrected chi connectivity index (χ0v) is 12.3. The molecular weight excluding hydrogens is 240 g/mol. The molecule has 0 aromatic carbocycles. The van der Waals surface area contributed by atoms with Crippen LogP contribution in [0.2, 0.25) is 0 Å². The number of piperidine rings is 1. The van der Waals surface area contributed by atoms with Crippen molar-refractivity contribution in [3.05, 3.63) is 0 Å². The topological polar surface area (TPSA) is 52.6 Å². The van der Waals surface area contributed by atoms with Gasteiger partial charge in [0.1, 0.15) is 5.54 Å². The Hall–Kier alpha value is -0.610. The molecule has 0 bridgehead atoms. The van der Waals surface area contributed by atoms with Crippen molar-refractivity contribution in [2.45, 2.75) is 63.5 Å². The van der Waals surface area contributed by atoms with E-state index in [-0.39, 0.29) is 0 Å². The number of hydrogen-bond donors (Lipinski definition) is 2. The third-order valence-electron chi connectivity index (χ3n) is 5.36. The zero-order chi connectivity index (χ0) is 13.9. The maximum absolute atomic E-state index is 11.6. The molecule has 0 aromatic heterocycles. The smallest absolute Gasteiger partial charge is 0.323 e. The van der Waals surface area contributed by atoms with E-state index in [0.717, 1.165) is 44.7 Å². The Morgan fingerprint density at radius 2 is 2.05 bits per heavy atom. The summed E-state index contributed by atoms with van der Waals surface area (Å²) >= 11 is 0. The number of nitrogens with one attached hydrogen (secondary N) is 1. The Morgan fingerprint density at radius 3 is 2.58 bits per heavy atom. The Kier molecular flexibility index (Phi) is 4.85. The molecule has 110 valence electrons. The van der Waals surface area contributed by atoms with Gasteiger partial charge in [-0.15, -0.1) is 0 Å². The molecule has 1 heterocycles. The van der Waals surface area contributed by atoms with E-state index in [9.17, 15) is 9.90 Å². The van der Waals surface area contributed by atoms with Gasteiger partial charge < -0.3 is 15.3 Å². The summed E-state index contributed by atoms with van der Waals surface area (Å²) in [5, 5.41) is 12.6. The highest BCUT2D eigenvalue weighted by molar-refractivity contribution is 5.79. The third kappa shape index (κ3) is 3.11. The second kappa shape index (κ2) is 6.23. The molecule has 1 aliphatic carbocycles. The van der Waals surface area contributed by atoms with Crippen LogP contribution in [-0.4, -0.2) is 47.7 Å². The Morgan fingerprint density at radius 1 is 1.37 bits per heavy atom. The van der Waals surface area contributed by atoms with Crippen LogP contribution < -0.4 is 5.32 Å². The number of likely N-dealkylation sites (N-methyl/N-ethyl adjacent to an activating group) is 1. The van der Waals surface area contributed by atoms with E-state index < -0.39 is 11.5 Å². The first-order valence-electron chi connectivity index (χ1n) is 7.77. The van der Waals surface area contributed by atoms with Crippen molar-refractivity contribution in [3.63, 3.8) is 0 Å². The number of likely N-dealkylation sites (tertiary alicyclic amines) is 1. The Bertz CT molecular complexity index is 313. The largest absolute Gasteiger partial charge is 0.480 e. The average Bonchev–Trinajstić information content (AvgIpc) is 2.47. The van der Waals surface area contributed by atoms with Crippen molar-refractivity contribution in [2.75, 3.05) is 20.1 Å². The number of nitrogens with zero attached hydrogens (tertiary/aromatic N) is 1. The van der Waals surface area contributed by atoms with Crippen molar-refractivity contribution in [2.24, 2.45) is 5.92 Å². The fourth-order valence-corrected chi connectivity index (χ4v) is 3.81. The van der Waals surface area contributed by atoms with Crippen molar-refractivity contribution in [3.8, 4) is 0 Å². The lowest BCUT2D eigenvalue weighted by atomic mass is 9.77. The van der Waals surface area contributed by atoms with Crippen LogP contribution in [0, 0.1) is 5.92 Å². The van der Waals surface area contributed by atoms with Gasteiger partial charge in [-0.3, -0.25) is 4.79 Å². The first-order chi connectivity index (χ1) is 9.11. The second-order valence-corrected chi connectivity index (χ2v) is 6.28. The van der Waals surface area contributed by atoms with Gasteiger partial charge in [0.2, 0.25) is 0 Å². The van der Waals surface area contributed by atoms with Crippen LogP contribution in [0.15, 0.2) is 0 Å². The molecule has 0 amide bonds. The zero-order valence-electron chi connectivity index (χ0n) is 12.3. The number of carboxylic acid groups (broad SMARTS) is 1. The standard InChI is InChI=1S/C15H28N2O2/c1-3-12-6-9-17(10-7-12)13-5-4-8-15(11-13,16-2)14(18)19/h12-13,16H,3-11H2,1-2H3,(H,18,19). The molecule has 4 nitrogen and oxygen atoms in total. The predicted molar refractivity (Wildman–Crippen MR) is 76.3 cm³/mol. The molecule has 2 rings (SSSR count). The Labute approximate surface area is 116 Å². The van der Waals surface area contributed by atoms with E-state index in [1.165, 1.54) is 19.3 Å². The number of hydrogen-bond acceptors (Lipinski definition) is 3. The van der Waals surface area contributed by atoms with E-state index in [1.807, 2.05) is 0 Å². The summed E-state index contributed by atoms with van der Waals surface area (Å²) in [6.07, 6.45) is 7.56. The van der Waals surface area contributed by atoms with E-state index >= 15 is 0 Å². The first-order valence-corrected chi connectivity index (χ1v) is 7.77. The minimum absolute atomic E-state index is 0.454. The molecule has 0 aromatic rings. The molecule has 1 saturated carbocycles. The van der Waals surface area contributed by atoms with Gasteiger partial charge in [-0.1, -0.05) is 13.3 Å². The lowest BCUT2D eigenvalue weighted by molar-refractivity contribution is -0.147. The first kappa shape index (κ1) is 14.8. The molecule has 4 heteroatoms. The summed E-state index contributed by atoms with van der Waals surface area (Å²) in [7, 11) is 1.79. The summed E-state index contributed by atoms with van der Waals surface area (Å²) < 4.78 is 0. The van der Waals surface area contributed by atoms with E-state index in [1.54, 1.807) is 7.05 Å². The summed E-state index contributed by atoms with van der Waals surface area (Å²) in [5.74, 6) is 0.205. The van der Waals surface area contributed by atoms with Crippen LogP contribution in [-0.2, 0) is 4.79 Å². The van der Waals surface area contributed by atoms with Crippen molar-refractivity contribution in [1.29, 1.82) is 0 Å². The quantitative estimate of drug-likeness (QED) is 0.820. The number of aliphatic carboxylic acids is 1. The van der Waals surface area contributed by atoms with Gasteiger partial charge in [-0.05, 0) is 64.6 Å². The number of rotatable bonds is 4. The molecule has 2 N–H and O–H groups in total. The van der Waals surface area contributed by atoms with Crippen LogP contribution in [0.25, 0.3) is 0 Å². The van der Waals surface area contributed by atoms with E-state index in [0.29, 0.717) is 6.04 Å². The van der Waals surface area contributed by atoms with Crippen LogP contribution in [0.5, 0.6) is 0 Å². The van der Waals surface area contributed by atoms with Crippen LogP contribution >= 0.6 is 0 Å². The molecule has 0 spiro atoms. The normalized spacial score (nSPS) is 34.3. The van der Waals surface area contributed by atoms with Gasteiger partial charge in [0.25, 0.3) is 0 Å². The fourth-order valence-electron chi connectivity index (χ4n) is 3.81. The van der Waals surface area contributed by atoms with Crippen LogP contribution in [0.1, 0.15) is 51.9 Å². The van der Waals surface area contributed by atoms with Gasteiger partial charge in [0, 0.05) is 6.04 Å². The van der Waals surface area contributed by atoms with Crippen LogP contribution in [0.4, 0.5) is 0 Å².